The first-order chi connectivity index (χ1) is 11.2. The number of hydrogen-bond acceptors (Lipinski definition) is 3. The van der Waals surface area contributed by atoms with E-state index in [1.165, 1.54) is 5.56 Å². The Balaban J connectivity index is 1.50. The second-order valence-electron chi connectivity index (χ2n) is 6.25. The number of nitrogens with zero attached hydrogens (tertiary/aromatic N) is 4. The van der Waals surface area contributed by atoms with E-state index in [0.29, 0.717) is 19.0 Å². The first-order valence-corrected chi connectivity index (χ1v) is 8.41. The molecule has 1 saturated heterocycles. The Kier molecular flexibility index (Phi) is 5.05. The molecule has 5 heteroatoms. The Morgan fingerprint density at radius 1 is 1.30 bits per heavy atom. The summed E-state index contributed by atoms with van der Waals surface area (Å²) >= 11 is 0. The lowest BCUT2D eigenvalue weighted by atomic mass is 10.0. The fourth-order valence-corrected chi connectivity index (χ4v) is 3.29. The first-order valence-electron chi connectivity index (χ1n) is 8.41. The van der Waals surface area contributed by atoms with Gasteiger partial charge in [0.05, 0.1) is 5.69 Å². The molecule has 1 fully saturated rings. The molecule has 0 N–H and O–H groups in total. The molecule has 0 bridgehead atoms. The third-order valence-corrected chi connectivity index (χ3v) is 4.54. The van der Waals surface area contributed by atoms with Crippen molar-refractivity contribution >= 4 is 5.91 Å². The van der Waals surface area contributed by atoms with Crippen LogP contribution in [0.2, 0.25) is 0 Å². The normalized spacial score (nSPS) is 17.6. The topological polar surface area (TPSA) is 51.0 Å². The average Bonchev–Trinajstić information content (AvgIpc) is 3.20. The van der Waals surface area contributed by atoms with Crippen LogP contribution in [0.5, 0.6) is 0 Å². The van der Waals surface area contributed by atoms with Crippen LogP contribution in [-0.4, -0.2) is 38.2 Å². The molecule has 1 atom stereocenters. The molecule has 23 heavy (non-hydrogen) atoms. The summed E-state index contributed by atoms with van der Waals surface area (Å²) in [5.41, 5.74) is 2.29. The number of likely N-dealkylation sites (tertiary alicyclic amines) is 1. The zero-order valence-electron chi connectivity index (χ0n) is 13.7. The van der Waals surface area contributed by atoms with Crippen LogP contribution in [0.25, 0.3) is 0 Å². The lowest BCUT2D eigenvalue weighted by Crippen LogP contribution is -2.36. The van der Waals surface area contributed by atoms with Crippen molar-refractivity contribution < 1.29 is 4.79 Å². The maximum Gasteiger partial charge on any atom is 0.224 e. The Morgan fingerprint density at radius 2 is 2.13 bits per heavy atom. The number of amides is 1. The monoisotopic (exact) mass is 312 g/mol. The van der Waals surface area contributed by atoms with Crippen molar-refractivity contribution in [3.63, 3.8) is 0 Å². The largest absolute Gasteiger partial charge is 0.340 e. The van der Waals surface area contributed by atoms with Crippen molar-refractivity contribution in [2.45, 2.75) is 51.6 Å². The second kappa shape index (κ2) is 7.40. The molecule has 0 radical (unpaired) electrons. The molecule has 0 spiro atoms. The van der Waals surface area contributed by atoms with Gasteiger partial charge in [0.25, 0.3) is 0 Å². The summed E-state index contributed by atoms with van der Waals surface area (Å²) in [6.45, 7) is 3.53. The summed E-state index contributed by atoms with van der Waals surface area (Å²) < 4.78 is 1.86. The van der Waals surface area contributed by atoms with Gasteiger partial charge in [0.15, 0.2) is 0 Å². The van der Waals surface area contributed by atoms with E-state index in [0.717, 1.165) is 37.9 Å². The fourth-order valence-electron chi connectivity index (χ4n) is 3.29. The van der Waals surface area contributed by atoms with E-state index in [-0.39, 0.29) is 5.91 Å². The number of aryl methyl sites for hydroxylation is 3. The van der Waals surface area contributed by atoms with E-state index in [2.05, 4.69) is 27.1 Å². The molecule has 122 valence electrons. The van der Waals surface area contributed by atoms with Crippen LogP contribution < -0.4 is 0 Å². The lowest BCUT2D eigenvalue weighted by molar-refractivity contribution is -0.132. The molecule has 1 amide bonds. The summed E-state index contributed by atoms with van der Waals surface area (Å²) in [7, 11) is 0. The van der Waals surface area contributed by atoms with Gasteiger partial charge in [-0.25, -0.2) is 0 Å². The van der Waals surface area contributed by atoms with Gasteiger partial charge < -0.3 is 4.90 Å². The smallest absolute Gasteiger partial charge is 0.224 e. The zero-order valence-corrected chi connectivity index (χ0v) is 13.7. The first kappa shape index (κ1) is 15.7. The van der Waals surface area contributed by atoms with Gasteiger partial charge in [-0.1, -0.05) is 0 Å². The standard InChI is InChI=1S/C18H24N4O/c1-15-8-13-21(20-15)14-9-18(23)22-12-2-3-17(22)5-4-16-6-10-19-11-7-16/h6-8,10-11,13,17H,2-5,9,12,14H2,1H3/t17-/m1/s1. The molecule has 3 rings (SSSR count). The van der Waals surface area contributed by atoms with Crippen LogP contribution in [0.1, 0.15) is 36.9 Å². The van der Waals surface area contributed by atoms with Gasteiger partial charge in [0, 0.05) is 44.1 Å². The molecule has 2 aromatic heterocycles. The highest BCUT2D eigenvalue weighted by Crippen LogP contribution is 2.22. The van der Waals surface area contributed by atoms with Gasteiger partial charge in [0.1, 0.15) is 0 Å². The molecule has 3 heterocycles. The van der Waals surface area contributed by atoms with Crippen LogP contribution in [0.15, 0.2) is 36.8 Å². The van der Waals surface area contributed by atoms with E-state index in [1.807, 2.05) is 36.3 Å². The number of carbonyl (C=O) groups is 1. The van der Waals surface area contributed by atoms with Crippen LogP contribution >= 0.6 is 0 Å². The summed E-state index contributed by atoms with van der Waals surface area (Å²) in [6.07, 6.45) is 10.4. The molecule has 0 saturated carbocycles. The van der Waals surface area contributed by atoms with Gasteiger partial charge in [0.2, 0.25) is 5.91 Å². The summed E-state index contributed by atoms with van der Waals surface area (Å²) in [4.78, 5) is 18.7. The minimum absolute atomic E-state index is 0.260. The van der Waals surface area contributed by atoms with E-state index >= 15 is 0 Å². The molecule has 1 aliphatic heterocycles. The van der Waals surface area contributed by atoms with Crippen LogP contribution in [0.3, 0.4) is 0 Å². The summed E-state index contributed by atoms with van der Waals surface area (Å²) in [6, 6.07) is 6.47. The van der Waals surface area contributed by atoms with Crippen molar-refractivity contribution in [2.24, 2.45) is 0 Å². The van der Waals surface area contributed by atoms with E-state index in [9.17, 15) is 4.79 Å². The molecule has 0 unspecified atom stereocenters. The molecule has 5 nitrogen and oxygen atoms in total. The molecule has 0 aromatic carbocycles. The van der Waals surface area contributed by atoms with Crippen LogP contribution in [-0.2, 0) is 17.8 Å². The fraction of sp³-hybridized carbons (Fsp3) is 0.500. The van der Waals surface area contributed by atoms with Crippen molar-refractivity contribution in [2.75, 3.05) is 6.54 Å². The van der Waals surface area contributed by atoms with Crippen molar-refractivity contribution in [1.82, 2.24) is 19.7 Å². The molecular formula is C18H24N4O. The van der Waals surface area contributed by atoms with Crippen molar-refractivity contribution in [3.05, 3.63) is 48.0 Å². The SMILES string of the molecule is Cc1ccn(CCC(=O)N2CCC[C@@H]2CCc2ccncc2)n1. The van der Waals surface area contributed by atoms with E-state index in [4.69, 9.17) is 0 Å². The minimum Gasteiger partial charge on any atom is -0.340 e. The summed E-state index contributed by atoms with van der Waals surface area (Å²) in [5, 5.41) is 4.34. The number of aromatic nitrogens is 3. The predicted molar refractivity (Wildman–Crippen MR) is 88.9 cm³/mol. The summed E-state index contributed by atoms with van der Waals surface area (Å²) in [5.74, 6) is 0.260. The van der Waals surface area contributed by atoms with E-state index in [1.54, 1.807) is 0 Å². The average molecular weight is 312 g/mol. The Hall–Kier alpha value is -2.17. The molecule has 0 aliphatic carbocycles. The number of hydrogen-bond donors (Lipinski definition) is 0. The van der Waals surface area contributed by atoms with Crippen LogP contribution in [0.4, 0.5) is 0 Å². The Labute approximate surface area is 137 Å². The van der Waals surface area contributed by atoms with Gasteiger partial charge in [-0.3, -0.25) is 14.5 Å². The minimum atomic E-state index is 0.260. The number of pyridine rings is 1. The van der Waals surface area contributed by atoms with Gasteiger partial charge in [-0.15, -0.1) is 0 Å². The lowest BCUT2D eigenvalue weighted by Gasteiger charge is -2.25. The Bertz CT molecular complexity index is 637. The van der Waals surface area contributed by atoms with Crippen molar-refractivity contribution in [1.29, 1.82) is 0 Å². The Morgan fingerprint density at radius 3 is 2.87 bits per heavy atom. The molecule has 1 aliphatic rings. The van der Waals surface area contributed by atoms with Crippen molar-refractivity contribution in [3.8, 4) is 0 Å². The highest BCUT2D eigenvalue weighted by atomic mass is 16.2. The maximum atomic E-state index is 12.5. The highest BCUT2D eigenvalue weighted by molar-refractivity contribution is 5.76. The highest BCUT2D eigenvalue weighted by Gasteiger charge is 2.27. The quantitative estimate of drug-likeness (QED) is 0.824. The van der Waals surface area contributed by atoms with Gasteiger partial charge >= 0.3 is 0 Å². The van der Waals surface area contributed by atoms with E-state index < -0.39 is 0 Å². The van der Waals surface area contributed by atoms with Gasteiger partial charge in [-0.2, -0.15) is 5.10 Å². The number of carbonyl (C=O) groups excluding carboxylic acids is 1. The second-order valence-corrected chi connectivity index (χ2v) is 6.25. The zero-order chi connectivity index (χ0) is 16.1. The number of rotatable bonds is 6. The van der Waals surface area contributed by atoms with Crippen LogP contribution in [0, 0.1) is 6.92 Å². The van der Waals surface area contributed by atoms with Gasteiger partial charge in [-0.05, 0) is 56.4 Å². The third-order valence-electron chi connectivity index (χ3n) is 4.54. The maximum absolute atomic E-state index is 12.5. The predicted octanol–water partition coefficient (Wildman–Crippen LogP) is 2.60. The molecule has 2 aromatic rings. The third kappa shape index (κ3) is 4.18. The molecular weight excluding hydrogens is 288 g/mol.